The third-order valence-corrected chi connectivity index (χ3v) is 10.4. The number of allylic oxidation sites excluding steroid dienone is 2. The summed E-state index contributed by atoms with van der Waals surface area (Å²) >= 11 is 0. The summed E-state index contributed by atoms with van der Waals surface area (Å²) in [6.45, 7) is 4.61. The Morgan fingerprint density at radius 2 is 0.438 bits per heavy atom. The zero-order valence-electron chi connectivity index (χ0n) is 34.0. The van der Waals surface area contributed by atoms with Gasteiger partial charge >= 0.3 is 0 Å². The van der Waals surface area contributed by atoms with Crippen molar-refractivity contribution in [2.75, 3.05) is 14.1 Å². The monoisotopic (exact) mass is 694 g/mol. The number of halogens is 1. The lowest BCUT2D eigenvalue weighted by Crippen LogP contribution is -3.00. The van der Waals surface area contributed by atoms with Crippen molar-refractivity contribution in [3.8, 4) is 0 Å². The van der Waals surface area contributed by atoms with Crippen molar-refractivity contribution < 1.29 is 16.9 Å². The minimum Gasteiger partial charge on any atom is -1.00 e. The van der Waals surface area contributed by atoms with E-state index in [9.17, 15) is 0 Å². The summed E-state index contributed by atoms with van der Waals surface area (Å²) in [6, 6.07) is 0. The fourth-order valence-electron chi connectivity index (χ4n) is 7.07. The molecule has 288 valence electrons. The fraction of sp³-hybridized carbons (Fsp3) is 0.913. The predicted octanol–water partition coefficient (Wildman–Crippen LogP) is 14.0. The molecule has 0 aliphatic carbocycles. The van der Waals surface area contributed by atoms with Gasteiger partial charge in [-0.2, -0.15) is 0 Å². The minimum atomic E-state index is 0. The summed E-state index contributed by atoms with van der Waals surface area (Å²) in [6.07, 6.45) is 64.4. The van der Waals surface area contributed by atoms with Gasteiger partial charge in [-0.15, -0.1) is 0 Å². The summed E-state index contributed by atoms with van der Waals surface area (Å²) in [5.41, 5.74) is 0. The Labute approximate surface area is 312 Å². The smallest absolute Gasteiger partial charge is 0.0959 e. The highest BCUT2D eigenvalue weighted by molar-refractivity contribution is 4.80. The van der Waals surface area contributed by atoms with E-state index in [1.807, 2.05) is 0 Å². The number of hydrogen-bond donors (Lipinski definition) is 0. The molecule has 0 aromatic carbocycles. The third kappa shape index (κ3) is 43.8. The molecule has 0 spiro atoms. The molecule has 0 bridgehead atoms. The van der Waals surface area contributed by atoms with E-state index in [2.05, 4.69) is 52.5 Å². The largest absolute Gasteiger partial charge is 1.00 e. The topological polar surface area (TPSA) is 0 Å². The molecular formula is C46H92ClN. The van der Waals surface area contributed by atoms with E-state index in [-0.39, 0.29) is 12.4 Å². The zero-order chi connectivity index (χ0) is 34.2. The number of quaternary nitrogens is 1. The van der Waals surface area contributed by atoms with E-state index in [0.29, 0.717) is 0 Å². The first-order chi connectivity index (χ1) is 23.1. The van der Waals surface area contributed by atoms with Crippen LogP contribution in [0.2, 0.25) is 0 Å². The van der Waals surface area contributed by atoms with Crippen LogP contribution >= 0.6 is 0 Å². The first-order valence-corrected chi connectivity index (χ1v) is 22.3. The molecule has 0 radical (unpaired) electrons. The molecule has 0 atom stereocenters. The van der Waals surface area contributed by atoms with Crippen molar-refractivity contribution in [3.63, 3.8) is 0 Å². The summed E-state index contributed by atoms with van der Waals surface area (Å²) in [4.78, 5) is 0. The van der Waals surface area contributed by atoms with Gasteiger partial charge in [0.25, 0.3) is 0 Å². The van der Waals surface area contributed by atoms with Gasteiger partial charge in [0.1, 0.15) is 0 Å². The van der Waals surface area contributed by atoms with Crippen molar-refractivity contribution in [1.29, 1.82) is 0 Å². The Morgan fingerprint density at radius 1 is 0.271 bits per heavy atom. The molecule has 0 aliphatic heterocycles. The Bertz CT molecular complexity index is 572. The van der Waals surface area contributed by atoms with Gasteiger partial charge in [0.2, 0.25) is 0 Å². The van der Waals surface area contributed by atoms with E-state index in [1.54, 1.807) is 0 Å². The highest BCUT2D eigenvalue weighted by atomic mass is 35.5. The molecule has 1 nitrogen and oxygen atoms in total. The average molecular weight is 695 g/mol. The van der Waals surface area contributed by atoms with Crippen molar-refractivity contribution >= 4 is 0 Å². The lowest BCUT2D eigenvalue weighted by Gasteiger charge is -2.19. The molecule has 0 N–H and O–H groups in total. The Hall–Kier alpha value is -0.270. The lowest BCUT2D eigenvalue weighted by molar-refractivity contribution is -0.784. The number of rotatable bonds is 40. The van der Waals surface area contributed by atoms with E-state index in [4.69, 9.17) is 0 Å². The maximum absolute atomic E-state index is 2.42. The van der Waals surface area contributed by atoms with Crippen LogP contribution in [0.3, 0.4) is 0 Å². The SMILES string of the molecule is CCCCCCCCCCCCCCCCCCCCC=C[N+](C)(C)C=CCCCCCCCCCCCCCCCCCCCC.[Cl-]. The van der Waals surface area contributed by atoms with Crippen LogP contribution in [0.25, 0.3) is 0 Å². The maximum atomic E-state index is 2.42. The van der Waals surface area contributed by atoms with E-state index in [0.717, 1.165) is 4.48 Å². The summed E-state index contributed by atoms with van der Waals surface area (Å²) in [5, 5.41) is 0. The molecular weight excluding hydrogens is 602 g/mol. The van der Waals surface area contributed by atoms with Crippen LogP contribution in [0.15, 0.2) is 24.6 Å². The summed E-state index contributed by atoms with van der Waals surface area (Å²) in [5.74, 6) is 0. The van der Waals surface area contributed by atoms with Gasteiger partial charge in [0.05, 0.1) is 26.5 Å². The highest BCUT2D eigenvalue weighted by Crippen LogP contribution is 2.17. The molecule has 0 heterocycles. The van der Waals surface area contributed by atoms with Gasteiger partial charge in [-0.05, 0) is 37.8 Å². The Morgan fingerprint density at radius 3 is 0.625 bits per heavy atom. The fourth-order valence-corrected chi connectivity index (χ4v) is 7.07. The standard InChI is InChI=1S/C46H92N.ClH/c1-5-7-9-11-13-15-17-19-21-23-25-27-29-31-33-35-37-39-41-43-45-47(3,4)46-44-42-40-38-36-34-32-30-28-26-24-22-20-18-16-14-12-10-8-6-2;/h43-46H,5-42H2,1-4H3;1H/q+1;/p-1. The second-order valence-corrected chi connectivity index (χ2v) is 16.0. The normalized spacial score (nSPS) is 12.1. The highest BCUT2D eigenvalue weighted by Gasteiger charge is 2.05. The van der Waals surface area contributed by atoms with Gasteiger partial charge < -0.3 is 12.4 Å². The van der Waals surface area contributed by atoms with E-state index in [1.165, 1.54) is 244 Å². The molecule has 0 aliphatic rings. The molecule has 0 fully saturated rings. The molecule has 0 saturated heterocycles. The quantitative estimate of drug-likeness (QED) is 0.0442. The van der Waals surface area contributed by atoms with Crippen molar-refractivity contribution in [2.24, 2.45) is 0 Å². The minimum absolute atomic E-state index is 0. The van der Waals surface area contributed by atoms with Crippen LogP contribution in [0.1, 0.15) is 258 Å². The number of unbranched alkanes of at least 4 members (excludes halogenated alkanes) is 36. The molecule has 0 aromatic rings. The first kappa shape index (κ1) is 49.8. The molecule has 2 heteroatoms. The number of hydrogen-bond acceptors (Lipinski definition) is 0. The molecule has 0 rings (SSSR count). The van der Waals surface area contributed by atoms with E-state index < -0.39 is 0 Å². The Balaban J connectivity index is 0. The maximum Gasteiger partial charge on any atom is 0.0959 e. The van der Waals surface area contributed by atoms with Crippen LogP contribution in [-0.4, -0.2) is 18.6 Å². The van der Waals surface area contributed by atoms with Crippen LogP contribution in [0.4, 0.5) is 0 Å². The van der Waals surface area contributed by atoms with Gasteiger partial charge in [-0.3, -0.25) is 4.48 Å². The summed E-state index contributed by atoms with van der Waals surface area (Å²) in [7, 11) is 4.61. The van der Waals surface area contributed by atoms with Crippen LogP contribution in [-0.2, 0) is 0 Å². The van der Waals surface area contributed by atoms with E-state index >= 15 is 0 Å². The molecule has 0 aromatic heterocycles. The summed E-state index contributed by atoms with van der Waals surface area (Å²) < 4.78 is 0.887. The van der Waals surface area contributed by atoms with Crippen LogP contribution in [0.5, 0.6) is 0 Å². The molecule has 48 heavy (non-hydrogen) atoms. The second kappa shape index (κ2) is 42.9. The molecule has 0 unspecified atom stereocenters. The second-order valence-electron chi connectivity index (χ2n) is 16.0. The average Bonchev–Trinajstić information content (AvgIpc) is 3.06. The van der Waals surface area contributed by atoms with Crippen molar-refractivity contribution in [1.82, 2.24) is 0 Å². The van der Waals surface area contributed by atoms with Crippen LogP contribution in [0, 0.1) is 0 Å². The Kier molecular flexibility index (Phi) is 44.5. The number of nitrogens with zero attached hydrogens (tertiary/aromatic N) is 1. The molecule has 0 amide bonds. The van der Waals surface area contributed by atoms with Crippen molar-refractivity contribution in [2.45, 2.75) is 258 Å². The van der Waals surface area contributed by atoms with Gasteiger partial charge in [-0.25, -0.2) is 0 Å². The zero-order valence-corrected chi connectivity index (χ0v) is 34.8. The van der Waals surface area contributed by atoms with Gasteiger partial charge in [-0.1, -0.05) is 232 Å². The van der Waals surface area contributed by atoms with Gasteiger partial charge in [0, 0.05) is 0 Å². The lowest BCUT2D eigenvalue weighted by atomic mass is 10.0. The van der Waals surface area contributed by atoms with Crippen LogP contribution < -0.4 is 12.4 Å². The third-order valence-electron chi connectivity index (χ3n) is 10.4. The first-order valence-electron chi connectivity index (χ1n) is 22.3. The predicted molar refractivity (Wildman–Crippen MR) is 217 cm³/mol. The van der Waals surface area contributed by atoms with Crippen molar-refractivity contribution in [3.05, 3.63) is 24.6 Å². The molecule has 0 saturated carbocycles. The van der Waals surface area contributed by atoms with Gasteiger partial charge in [0.15, 0.2) is 0 Å².